The number of nitrogens with one attached hydrogen (secondary N) is 3. The molecule has 3 N–H and O–H groups in total. The van der Waals surface area contributed by atoms with Gasteiger partial charge in [0.1, 0.15) is 0 Å². The second-order valence-corrected chi connectivity index (χ2v) is 24.1. The lowest BCUT2D eigenvalue weighted by molar-refractivity contribution is -0.496. The smallest absolute Gasteiger partial charge is 0.392 e. The molecule has 0 aromatic carbocycles. The average Bonchev–Trinajstić information content (AvgIpc) is 3.17. The predicted octanol–water partition coefficient (Wildman–Crippen LogP) is 1.93. The zero-order chi connectivity index (χ0) is 55.6. The van der Waals surface area contributed by atoms with E-state index in [-0.39, 0.29) is 65.0 Å². The van der Waals surface area contributed by atoms with Crippen LogP contribution >= 0.6 is 0 Å². The van der Waals surface area contributed by atoms with Gasteiger partial charge in [-0.2, -0.15) is 0 Å². The maximum atomic E-state index is 15.1. The van der Waals surface area contributed by atoms with Gasteiger partial charge in [-0.3, -0.25) is 49.5 Å². The number of nitro groups is 3. The molecule has 9 unspecified atom stereocenters. The lowest BCUT2D eigenvalue weighted by Crippen LogP contribution is -2.60. The number of ether oxygens (including phenoxy) is 2. The fourth-order valence-electron chi connectivity index (χ4n) is 13.1. The molecule has 408 valence electrons. The molecule has 1 aromatic rings. The maximum absolute atomic E-state index is 15.1. The van der Waals surface area contributed by atoms with Crippen molar-refractivity contribution in [2.45, 2.75) is 197 Å². The molecule has 0 saturated heterocycles. The molecule has 1 heterocycles. The van der Waals surface area contributed by atoms with E-state index in [0.717, 1.165) is 20.6 Å². The van der Waals surface area contributed by atoms with Crippen LogP contribution in [0.2, 0.25) is 0 Å². The van der Waals surface area contributed by atoms with Crippen molar-refractivity contribution in [3.63, 3.8) is 0 Å². The van der Waals surface area contributed by atoms with Gasteiger partial charge < -0.3 is 25.4 Å². The number of rotatable bonds is 20. The quantitative estimate of drug-likeness (QED) is 0.0727. The SMILES string of the molecule is CCOC(=O)C(C(=O)NC1CC(C)(C)CC(C)(Cn2c(=O)n(CC3(C)CC(NC(=O)C(C(C)=O)[N+](=O)[O-])CC(C)(C)C3)c(=O)n(CC3(C)CC(NC(=O)C(C(=O)OCC)[N+](=O)[O-])CC(C)(C)C3)c2=O)C1)[N+](=O)[O-]. The summed E-state index contributed by atoms with van der Waals surface area (Å²) in [6.07, 6.45) is 2.14. The minimum Gasteiger partial charge on any atom is -0.460 e. The molecule has 26 nitrogen and oxygen atoms in total. The van der Waals surface area contributed by atoms with Gasteiger partial charge in [-0.05, 0) is 104 Å². The van der Waals surface area contributed by atoms with Crippen LogP contribution in [-0.2, 0) is 57.9 Å². The summed E-state index contributed by atoms with van der Waals surface area (Å²) in [5, 5.41) is 43.4. The highest BCUT2D eigenvalue weighted by atomic mass is 16.6. The minimum atomic E-state index is -2.36. The average molecular weight is 1040 g/mol. The largest absolute Gasteiger partial charge is 0.460 e. The lowest BCUT2D eigenvalue weighted by atomic mass is 9.62. The van der Waals surface area contributed by atoms with Gasteiger partial charge in [0.2, 0.25) is 5.78 Å². The van der Waals surface area contributed by atoms with Gasteiger partial charge >= 0.3 is 64.9 Å². The Morgan fingerprint density at radius 1 is 0.507 bits per heavy atom. The van der Waals surface area contributed by atoms with Crippen molar-refractivity contribution in [1.29, 1.82) is 0 Å². The molecule has 0 bridgehead atoms. The van der Waals surface area contributed by atoms with E-state index < -0.39 is 136 Å². The van der Waals surface area contributed by atoms with Gasteiger partial charge in [-0.15, -0.1) is 0 Å². The first-order valence-electron chi connectivity index (χ1n) is 24.5. The molecule has 26 heteroatoms. The van der Waals surface area contributed by atoms with Crippen LogP contribution < -0.4 is 33.0 Å². The molecule has 0 radical (unpaired) electrons. The third kappa shape index (κ3) is 14.7. The van der Waals surface area contributed by atoms with Crippen LogP contribution in [0.3, 0.4) is 0 Å². The summed E-state index contributed by atoms with van der Waals surface area (Å²) in [7, 11) is 0. The highest BCUT2D eigenvalue weighted by molar-refractivity contribution is 6.03. The summed E-state index contributed by atoms with van der Waals surface area (Å²) in [4.78, 5) is 155. The van der Waals surface area contributed by atoms with E-state index in [1.807, 2.05) is 41.5 Å². The van der Waals surface area contributed by atoms with Crippen LogP contribution in [0.1, 0.15) is 141 Å². The number of carbonyl (C=O) groups is 6. The van der Waals surface area contributed by atoms with Gasteiger partial charge in [0.15, 0.2) is 0 Å². The number of ketones is 1. The number of amides is 3. The van der Waals surface area contributed by atoms with Crippen LogP contribution in [0, 0.1) is 62.8 Å². The van der Waals surface area contributed by atoms with Crippen molar-refractivity contribution in [1.82, 2.24) is 29.7 Å². The Hall–Kier alpha value is -6.37. The van der Waals surface area contributed by atoms with Crippen LogP contribution in [-0.4, -0.2) is 113 Å². The Bertz CT molecular complexity index is 2430. The Labute approximate surface area is 421 Å². The van der Waals surface area contributed by atoms with Crippen molar-refractivity contribution in [2.75, 3.05) is 13.2 Å². The Morgan fingerprint density at radius 3 is 0.973 bits per heavy atom. The van der Waals surface area contributed by atoms with Gasteiger partial charge in [0.05, 0.1) is 13.2 Å². The molecule has 0 aliphatic heterocycles. The third-order valence-corrected chi connectivity index (χ3v) is 14.2. The molecule has 0 spiro atoms. The summed E-state index contributed by atoms with van der Waals surface area (Å²) in [5.41, 5.74) is -7.94. The molecule has 73 heavy (non-hydrogen) atoms. The van der Waals surface area contributed by atoms with Crippen molar-refractivity contribution >= 4 is 35.4 Å². The third-order valence-electron chi connectivity index (χ3n) is 14.2. The van der Waals surface area contributed by atoms with E-state index in [0.29, 0.717) is 25.7 Å². The fraction of sp³-hybridized carbons (Fsp3) is 0.809. The molecule has 3 saturated carbocycles. The van der Waals surface area contributed by atoms with Crippen molar-refractivity contribution < 1.29 is 53.0 Å². The molecule has 3 aliphatic carbocycles. The van der Waals surface area contributed by atoms with E-state index in [9.17, 15) is 59.1 Å². The molecule has 3 fully saturated rings. The number of Topliss-reactive ketones (excluding diaryl/α,β-unsaturated/α-hetero) is 1. The standard InChI is InChI=1S/C47H73N9O17/c1-13-72-37(61)32(55(68)69)35(59)49-29-16-43(6,7)22-46(11,19-29)25-52-39(63)51(24-45(10)18-28(15-42(4,5)21-45)48-34(58)31(27(3)57)54(66)67)40(64)53(41(52)65)26-47(12)20-30(17-44(8,9)23-47)50-36(60)33(56(70)71)38(62)73-14-2/h28-33H,13-26H2,1-12H3,(H,48,58)(H,49,59)(H,50,60). The summed E-state index contributed by atoms with van der Waals surface area (Å²) >= 11 is 0. The minimum absolute atomic E-state index is 0.0589. The van der Waals surface area contributed by atoms with E-state index in [2.05, 4.69) is 16.0 Å². The molecule has 1 aromatic heterocycles. The van der Waals surface area contributed by atoms with Crippen molar-refractivity contribution in [3.05, 3.63) is 61.8 Å². The molecular formula is C47H73N9O17. The highest BCUT2D eigenvalue weighted by Crippen LogP contribution is 2.49. The maximum Gasteiger partial charge on any atom is 0.392 e. The van der Waals surface area contributed by atoms with E-state index in [1.165, 1.54) is 13.8 Å². The number of carbonyl (C=O) groups excluding carboxylic acids is 6. The summed E-state index contributed by atoms with van der Waals surface area (Å²) < 4.78 is 12.4. The monoisotopic (exact) mass is 1040 g/mol. The Kier molecular flexibility index (Phi) is 17.8. The van der Waals surface area contributed by atoms with Crippen LogP contribution in [0.15, 0.2) is 14.4 Å². The summed E-state index contributed by atoms with van der Waals surface area (Å²) in [6.45, 7) is 18.9. The number of nitrogens with zero attached hydrogens (tertiary/aromatic N) is 6. The number of aromatic nitrogens is 3. The van der Waals surface area contributed by atoms with E-state index >= 15 is 14.4 Å². The molecular weight excluding hydrogens is 963 g/mol. The zero-order valence-corrected chi connectivity index (χ0v) is 44.0. The van der Waals surface area contributed by atoms with E-state index in [4.69, 9.17) is 9.47 Å². The second kappa shape index (κ2) is 22.0. The second-order valence-electron chi connectivity index (χ2n) is 24.1. The van der Waals surface area contributed by atoms with Gasteiger partial charge in [0.25, 0.3) is 0 Å². The predicted molar refractivity (Wildman–Crippen MR) is 259 cm³/mol. The van der Waals surface area contributed by atoms with Crippen molar-refractivity contribution in [3.8, 4) is 0 Å². The summed E-state index contributed by atoms with van der Waals surface area (Å²) in [6, 6.07) is -9.23. The zero-order valence-electron chi connectivity index (χ0n) is 44.0. The first-order chi connectivity index (χ1) is 33.4. The normalized spacial score (nSPS) is 27.4. The van der Waals surface area contributed by atoms with Gasteiger partial charge in [-0.1, -0.05) is 62.3 Å². The van der Waals surface area contributed by atoms with Crippen LogP contribution in [0.25, 0.3) is 0 Å². The topological polar surface area (TPSA) is 352 Å². The van der Waals surface area contributed by atoms with Crippen LogP contribution in [0.5, 0.6) is 0 Å². The number of esters is 2. The van der Waals surface area contributed by atoms with E-state index in [1.54, 1.807) is 20.8 Å². The molecule has 9 atom stereocenters. The molecule has 4 rings (SSSR count). The highest BCUT2D eigenvalue weighted by Gasteiger charge is 2.50. The molecule has 3 aliphatic rings. The fourth-order valence-corrected chi connectivity index (χ4v) is 13.1. The Morgan fingerprint density at radius 2 is 0.753 bits per heavy atom. The van der Waals surface area contributed by atoms with Gasteiger partial charge in [-0.25, -0.2) is 37.7 Å². The first kappa shape index (κ1) is 59.2. The molecule has 3 amide bonds. The van der Waals surface area contributed by atoms with Gasteiger partial charge in [0, 0.05) is 59.5 Å². The number of hydrogen-bond donors (Lipinski definition) is 3. The lowest BCUT2D eigenvalue weighted by Gasteiger charge is -2.48. The van der Waals surface area contributed by atoms with Crippen LogP contribution in [0.4, 0.5) is 0 Å². The number of hydrogen-bond acceptors (Lipinski definition) is 17. The van der Waals surface area contributed by atoms with Crippen molar-refractivity contribution in [2.24, 2.45) is 32.5 Å². The Balaban J connectivity index is 1.87. The first-order valence-corrected chi connectivity index (χ1v) is 24.5. The summed E-state index contributed by atoms with van der Waals surface area (Å²) in [5.74, 6) is -7.20.